The standard InChI is InChI=1S/C18H12F4N2OS2/c19-14-7-2-1-4-11(14)8-15-16(25)24(17(26)27-15)10-23-13-6-3-5-12(9-13)18(20,21)22/h1-9,23H,10H2. The first-order valence-electron chi connectivity index (χ1n) is 7.67. The fraction of sp³-hybridized carbons (Fsp3) is 0.111. The Labute approximate surface area is 162 Å². The van der Waals surface area contributed by atoms with Crippen LogP contribution in [-0.4, -0.2) is 21.8 Å². The van der Waals surface area contributed by atoms with Gasteiger partial charge < -0.3 is 5.32 Å². The number of anilines is 1. The minimum Gasteiger partial charge on any atom is -0.367 e. The number of hydrogen-bond acceptors (Lipinski definition) is 4. The van der Waals surface area contributed by atoms with Crippen LogP contribution >= 0.6 is 24.0 Å². The van der Waals surface area contributed by atoms with Gasteiger partial charge in [0.1, 0.15) is 10.1 Å². The lowest BCUT2D eigenvalue weighted by molar-refractivity contribution is -0.137. The molecule has 27 heavy (non-hydrogen) atoms. The highest BCUT2D eigenvalue weighted by atomic mass is 32.2. The van der Waals surface area contributed by atoms with E-state index in [0.29, 0.717) is 0 Å². The van der Waals surface area contributed by atoms with Crippen molar-refractivity contribution in [1.82, 2.24) is 4.90 Å². The van der Waals surface area contributed by atoms with Crippen LogP contribution in [0.4, 0.5) is 23.2 Å². The third-order valence-electron chi connectivity index (χ3n) is 3.70. The number of nitrogens with zero attached hydrogens (tertiary/aromatic N) is 1. The summed E-state index contributed by atoms with van der Waals surface area (Å²) in [5.74, 6) is -0.905. The van der Waals surface area contributed by atoms with Crippen molar-refractivity contribution in [2.45, 2.75) is 6.18 Å². The molecule has 1 N–H and O–H groups in total. The van der Waals surface area contributed by atoms with Crippen LogP contribution in [0, 0.1) is 5.82 Å². The molecule has 0 bridgehead atoms. The van der Waals surface area contributed by atoms with Crippen molar-refractivity contribution in [1.29, 1.82) is 0 Å². The fourth-order valence-electron chi connectivity index (χ4n) is 2.35. The Morgan fingerprint density at radius 3 is 2.59 bits per heavy atom. The van der Waals surface area contributed by atoms with Gasteiger partial charge in [0, 0.05) is 11.3 Å². The zero-order valence-corrected chi connectivity index (χ0v) is 15.2. The maximum absolute atomic E-state index is 13.8. The number of amides is 1. The van der Waals surface area contributed by atoms with Crippen molar-refractivity contribution in [2.75, 3.05) is 12.0 Å². The second kappa shape index (κ2) is 7.69. The molecule has 0 atom stereocenters. The summed E-state index contributed by atoms with van der Waals surface area (Å²) in [6.45, 7) is -0.0966. The van der Waals surface area contributed by atoms with Gasteiger partial charge in [-0.25, -0.2) is 4.39 Å². The highest BCUT2D eigenvalue weighted by Gasteiger charge is 2.33. The number of halogens is 4. The molecule has 140 valence electrons. The average Bonchev–Trinajstić information content (AvgIpc) is 2.88. The molecule has 3 rings (SSSR count). The summed E-state index contributed by atoms with van der Waals surface area (Å²) in [5.41, 5.74) is -0.335. The first kappa shape index (κ1) is 19.4. The fourth-order valence-corrected chi connectivity index (χ4v) is 3.59. The van der Waals surface area contributed by atoms with Gasteiger partial charge in [0.05, 0.1) is 17.1 Å². The molecule has 0 saturated carbocycles. The van der Waals surface area contributed by atoms with Gasteiger partial charge in [0.2, 0.25) is 0 Å². The Bertz CT molecular complexity index is 928. The molecule has 1 aliphatic heterocycles. The van der Waals surface area contributed by atoms with Crippen molar-refractivity contribution in [2.24, 2.45) is 0 Å². The summed E-state index contributed by atoms with van der Waals surface area (Å²) in [6.07, 6.45) is -3.05. The predicted molar refractivity (Wildman–Crippen MR) is 101 cm³/mol. The van der Waals surface area contributed by atoms with E-state index in [0.717, 1.165) is 23.9 Å². The van der Waals surface area contributed by atoms with Gasteiger partial charge in [0.25, 0.3) is 5.91 Å². The molecule has 1 saturated heterocycles. The summed E-state index contributed by atoms with van der Waals surface area (Å²) >= 11 is 6.17. The van der Waals surface area contributed by atoms with Crippen molar-refractivity contribution in [3.8, 4) is 0 Å². The minimum atomic E-state index is -4.46. The molecule has 0 aromatic heterocycles. The Hall–Kier alpha value is -2.39. The lowest BCUT2D eigenvalue weighted by Gasteiger charge is -2.17. The van der Waals surface area contributed by atoms with Crippen LogP contribution in [0.25, 0.3) is 6.08 Å². The Morgan fingerprint density at radius 2 is 1.89 bits per heavy atom. The largest absolute Gasteiger partial charge is 0.416 e. The van der Waals surface area contributed by atoms with E-state index in [1.165, 1.54) is 41.3 Å². The van der Waals surface area contributed by atoms with Gasteiger partial charge >= 0.3 is 6.18 Å². The van der Waals surface area contributed by atoms with E-state index in [1.807, 2.05) is 0 Å². The second-order valence-electron chi connectivity index (χ2n) is 5.54. The number of thioether (sulfide) groups is 1. The van der Waals surface area contributed by atoms with Crippen LogP contribution in [0.1, 0.15) is 11.1 Å². The molecular formula is C18H12F4N2OS2. The van der Waals surface area contributed by atoms with Crippen molar-refractivity contribution in [3.63, 3.8) is 0 Å². The molecule has 3 nitrogen and oxygen atoms in total. The van der Waals surface area contributed by atoms with Crippen LogP contribution in [0.5, 0.6) is 0 Å². The lowest BCUT2D eigenvalue weighted by Crippen LogP contribution is -2.33. The maximum atomic E-state index is 13.8. The van der Waals surface area contributed by atoms with E-state index in [-0.39, 0.29) is 27.1 Å². The van der Waals surface area contributed by atoms with Gasteiger partial charge in [-0.15, -0.1) is 0 Å². The smallest absolute Gasteiger partial charge is 0.367 e. The number of carbonyl (C=O) groups excluding carboxylic acids is 1. The summed E-state index contributed by atoms with van der Waals surface area (Å²) in [4.78, 5) is 13.9. The molecule has 2 aromatic carbocycles. The second-order valence-corrected chi connectivity index (χ2v) is 7.22. The molecule has 0 radical (unpaired) electrons. The van der Waals surface area contributed by atoms with Gasteiger partial charge in [-0.2, -0.15) is 13.2 Å². The number of hydrogen-bond donors (Lipinski definition) is 1. The maximum Gasteiger partial charge on any atom is 0.416 e. The quantitative estimate of drug-likeness (QED) is 0.430. The van der Waals surface area contributed by atoms with E-state index in [1.54, 1.807) is 6.07 Å². The van der Waals surface area contributed by atoms with Gasteiger partial charge in [-0.05, 0) is 30.3 Å². The normalized spacial score (nSPS) is 16.3. The molecule has 1 heterocycles. The summed E-state index contributed by atoms with van der Waals surface area (Å²) in [6, 6.07) is 10.6. The van der Waals surface area contributed by atoms with Crippen LogP contribution in [0.3, 0.4) is 0 Å². The van der Waals surface area contributed by atoms with Gasteiger partial charge in [0.15, 0.2) is 0 Å². The van der Waals surface area contributed by atoms with Crippen LogP contribution < -0.4 is 5.32 Å². The van der Waals surface area contributed by atoms with Crippen LogP contribution in [-0.2, 0) is 11.0 Å². The van der Waals surface area contributed by atoms with E-state index >= 15 is 0 Å². The number of alkyl halides is 3. The summed E-state index contributed by atoms with van der Waals surface area (Å²) < 4.78 is 52.3. The van der Waals surface area contributed by atoms with Gasteiger partial charge in [-0.3, -0.25) is 9.69 Å². The molecule has 1 aliphatic rings. The topological polar surface area (TPSA) is 32.3 Å². The number of rotatable bonds is 4. The van der Waals surface area contributed by atoms with E-state index in [9.17, 15) is 22.4 Å². The Kier molecular flexibility index (Phi) is 5.52. The number of thiocarbonyl (C=S) groups is 1. The monoisotopic (exact) mass is 412 g/mol. The predicted octanol–water partition coefficient (Wildman–Crippen LogP) is 5.12. The number of nitrogens with one attached hydrogen (secondary N) is 1. The van der Waals surface area contributed by atoms with E-state index in [2.05, 4.69) is 5.32 Å². The van der Waals surface area contributed by atoms with Crippen LogP contribution in [0.15, 0.2) is 53.4 Å². The molecule has 0 aliphatic carbocycles. The zero-order chi connectivity index (χ0) is 19.6. The summed E-state index contributed by atoms with van der Waals surface area (Å²) in [5, 5.41) is 2.76. The van der Waals surface area contributed by atoms with Gasteiger partial charge in [-0.1, -0.05) is 48.2 Å². The first-order chi connectivity index (χ1) is 12.8. The lowest BCUT2D eigenvalue weighted by atomic mass is 10.2. The van der Waals surface area contributed by atoms with E-state index < -0.39 is 23.5 Å². The average molecular weight is 412 g/mol. The Morgan fingerprint density at radius 1 is 1.15 bits per heavy atom. The highest BCUT2D eigenvalue weighted by Crippen LogP contribution is 2.33. The van der Waals surface area contributed by atoms with Crippen molar-refractivity contribution < 1.29 is 22.4 Å². The third-order valence-corrected chi connectivity index (χ3v) is 5.07. The Balaban J connectivity index is 1.73. The SMILES string of the molecule is O=C1C(=Cc2ccccc2F)SC(=S)N1CNc1cccc(C(F)(F)F)c1. The number of benzene rings is 2. The molecule has 0 unspecified atom stereocenters. The molecule has 2 aromatic rings. The third kappa shape index (κ3) is 4.48. The molecular weight excluding hydrogens is 400 g/mol. The first-order valence-corrected chi connectivity index (χ1v) is 8.89. The van der Waals surface area contributed by atoms with Crippen molar-refractivity contribution in [3.05, 3.63) is 70.4 Å². The van der Waals surface area contributed by atoms with Crippen molar-refractivity contribution >= 4 is 46.0 Å². The molecule has 1 amide bonds. The highest BCUT2D eigenvalue weighted by molar-refractivity contribution is 8.26. The zero-order valence-electron chi connectivity index (χ0n) is 13.6. The molecule has 1 fully saturated rings. The summed E-state index contributed by atoms with van der Waals surface area (Å²) in [7, 11) is 0. The molecule has 0 spiro atoms. The minimum absolute atomic E-state index is 0.0966. The molecule has 9 heteroatoms. The van der Waals surface area contributed by atoms with Crippen LogP contribution in [0.2, 0.25) is 0 Å². The number of carbonyl (C=O) groups is 1. The van der Waals surface area contributed by atoms with E-state index in [4.69, 9.17) is 12.2 Å².